The molecule has 0 saturated carbocycles. The Balaban J connectivity index is 1.75. The molecule has 1 aliphatic heterocycles. The number of hydrogen-bond donors (Lipinski definition) is 1. The molecule has 0 bridgehead atoms. The number of hydrogen-bond acceptors (Lipinski definition) is 3. The standard InChI is InChI=1S/C19H18N4O/c1-19(2)14-5-4-13(10-16(14)23(3)18(19)24)15-11-21-17(22-15)12-6-8-20-9-7-12/h4-11H,1-3H3,(H,21,22). The molecule has 4 rings (SSSR count). The Hall–Kier alpha value is -2.95. The molecule has 0 saturated heterocycles. The number of carbonyl (C=O) groups is 1. The fourth-order valence-corrected chi connectivity index (χ4v) is 3.27. The number of fused-ring (bicyclic) bond motifs is 1. The van der Waals surface area contributed by atoms with Gasteiger partial charge in [-0.2, -0.15) is 0 Å². The number of aromatic amines is 1. The Kier molecular flexibility index (Phi) is 3.06. The maximum absolute atomic E-state index is 12.4. The number of nitrogens with one attached hydrogen (secondary N) is 1. The fraction of sp³-hybridized carbons (Fsp3) is 0.211. The van der Waals surface area contributed by atoms with Gasteiger partial charge in [0.25, 0.3) is 0 Å². The van der Waals surface area contributed by atoms with Crippen LogP contribution in [-0.2, 0) is 10.2 Å². The minimum absolute atomic E-state index is 0.122. The van der Waals surface area contributed by atoms with Gasteiger partial charge in [-0.15, -0.1) is 0 Å². The van der Waals surface area contributed by atoms with Crippen LogP contribution in [0.5, 0.6) is 0 Å². The van der Waals surface area contributed by atoms with Gasteiger partial charge in [-0.25, -0.2) is 4.98 Å². The summed E-state index contributed by atoms with van der Waals surface area (Å²) in [6.45, 7) is 3.93. The Morgan fingerprint density at radius 1 is 1.08 bits per heavy atom. The van der Waals surface area contributed by atoms with Crippen molar-refractivity contribution in [2.45, 2.75) is 19.3 Å². The van der Waals surface area contributed by atoms with Crippen LogP contribution in [-0.4, -0.2) is 27.9 Å². The van der Waals surface area contributed by atoms with Gasteiger partial charge in [0.1, 0.15) is 5.82 Å². The summed E-state index contributed by atoms with van der Waals surface area (Å²) < 4.78 is 0. The van der Waals surface area contributed by atoms with Crippen LogP contribution in [0.2, 0.25) is 0 Å². The number of benzene rings is 1. The lowest BCUT2D eigenvalue weighted by Crippen LogP contribution is -2.33. The average Bonchev–Trinajstić information content (AvgIpc) is 3.16. The Labute approximate surface area is 140 Å². The monoisotopic (exact) mass is 318 g/mol. The van der Waals surface area contributed by atoms with Crippen LogP contribution >= 0.6 is 0 Å². The van der Waals surface area contributed by atoms with E-state index in [2.05, 4.69) is 15.0 Å². The molecule has 0 aliphatic carbocycles. The first kappa shape index (κ1) is 14.6. The van der Waals surface area contributed by atoms with E-state index in [1.165, 1.54) is 0 Å². The number of nitrogens with zero attached hydrogens (tertiary/aromatic N) is 3. The third kappa shape index (κ3) is 2.05. The maximum atomic E-state index is 12.4. The van der Waals surface area contributed by atoms with Gasteiger partial charge >= 0.3 is 0 Å². The van der Waals surface area contributed by atoms with Crippen molar-refractivity contribution in [3.05, 3.63) is 54.5 Å². The quantitative estimate of drug-likeness (QED) is 0.788. The molecule has 24 heavy (non-hydrogen) atoms. The van der Waals surface area contributed by atoms with E-state index in [4.69, 9.17) is 0 Å². The molecule has 1 amide bonds. The first-order valence-corrected chi connectivity index (χ1v) is 7.87. The molecular formula is C19H18N4O. The number of anilines is 1. The maximum Gasteiger partial charge on any atom is 0.236 e. The molecule has 3 aromatic rings. The number of imidazole rings is 1. The smallest absolute Gasteiger partial charge is 0.236 e. The van der Waals surface area contributed by atoms with Crippen LogP contribution in [0.4, 0.5) is 5.69 Å². The minimum atomic E-state index is -0.473. The Morgan fingerprint density at radius 3 is 2.58 bits per heavy atom. The number of amides is 1. The number of pyridine rings is 1. The van der Waals surface area contributed by atoms with E-state index in [0.717, 1.165) is 33.9 Å². The van der Waals surface area contributed by atoms with Crippen molar-refractivity contribution in [1.82, 2.24) is 15.0 Å². The predicted molar refractivity (Wildman–Crippen MR) is 93.7 cm³/mol. The zero-order valence-electron chi connectivity index (χ0n) is 13.9. The third-order valence-electron chi connectivity index (χ3n) is 4.71. The normalized spacial score (nSPS) is 15.6. The molecular weight excluding hydrogens is 300 g/mol. The van der Waals surface area contributed by atoms with Crippen LogP contribution in [0.3, 0.4) is 0 Å². The topological polar surface area (TPSA) is 61.9 Å². The van der Waals surface area contributed by atoms with E-state index in [9.17, 15) is 4.79 Å². The number of H-pyrrole nitrogens is 1. The van der Waals surface area contributed by atoms with Gasteiger partial charge in [0.15, 0.2) is 0 Å². The highest BCUT2D eigenvalue weighted by Gasteiger charge is 2.42. The van der Waals surface area contributed by atoms with E-state index < -0.39 is 5.41 Å². The molecule has 1 aliphatic rings. The van der Waals surface area contributed by atoms with Crippen molar-refractivity contribution in [3.8, 4) is 22.6 Å². The fourth-order valence-electron chi connectivity index (χ4n) is 3.27. The molecule has 3 heterocycles. The van der Waals surface area contributed by atoms with Gasteiger partial charge in [-0.05, 0) is 37.6 Å². The molecule has 0 atom stereocenters. The van der Waals surface area contributed by atoms with Gasteiger partial charge in [-0.1, -0.05) is 12.1 Å². The number of rotatable bonds is 2. The Bertz CT molecular complexity index is 928. The van der Waals surface area contributed by atoms with Crippen LogP contribution in [0.25, 0.3) is 22.6 Å². The highest BCUT2D eigenvalue weighted by Crippen LogP contribution is 2.42. The molecule has 2 aromatic heterocycles. The number of likely N-dealkylation sites (N-methyl/N-ethyl adjacent to an activating group) is 1. The van der Waals surface area contributed by atoms with E-state index in [1.807, 2.05) is 57.4 Å². The van der Waals surface area contributed by atoms with Crippen molar-refractivity contribution < 1.29 is 4.79 Å². The molecule has 0 fully saturated rings. The van der Waals surface area contributed by atoms with Crippen LogP contribution in [0.15, 0.2) is 48.9 Å². The predicted octanol–water partition coefficient (Wildman–Crippen LogP) is 3.39. The summed E-state index contributed by atoms with van der Waals surface area (Å²) in [7, 11) is 1.83. The second-order valence-electron chi connectivity index (χ2n) is 6.60. The van der Waals surface area contributed by atoms with Crippen LogP contribution < -0.4 is 4.90 Å². The van der Waals surface area contributed by atoms with E-state index in [0.29, 0.717) is 0 Å². The summed E-state index contributed by atoms with van der Waals surface area (Å²) in [6.07, 6.45) is 5.31. The summed E-state index contributed by atoms with van der Waals surface area (Å²) in [5, 5.41) is 0. The van der Waals surface area contributed by atoms with E-state index in [1.54, 1.807) is 17.3 Å². The molecule has 5 nitrogen and oxygen atoms in total. The first-order chi connectivity index (χ1) is 11.5. The lowest BCUT2D eigenvalue weighted by Gasteiger charge is -2.16. The lowest BCUT2D eigenvalue weighted by atomic mass is 9.86. The van der Waals surface area contributed by atoms with Gasteiger partial charge in [0.05, 0.1) is 17.3 Å². The number of aromatic nitrogens is 3. The molecule has 120 valence electrons. The summed E-state index contributed by atoms with van der Waals surface area (Å²) >= 11 is 0. The molecule has 0 spiro atoms. The van der Waals surface area contributed by atoms with Gasteiger partial charge in [-0.3, -0.25) is 9.78 Å². The second kappa shape index (κ2) is 5.03. The van der Waals surface area contributed by atoms with Crippen molar-refractivity contribution in [2.24, 2.45) is 0 Å². The Morgan fingerprint density at radius 2 is 1.83 bits per heavy atom. The summed E-state index contributed by atoms with van der Waals surface area (Å²) in [5.74, 6) is 0.925. The third-order valence-corrected chi connectivity index (χ3v) is 4.71. The largest absolute Gasteiger partial charge is 0.338 e. The highest BCUT2D eigenvalue weighted by atomic mass is 16.2. The minimum Gasteiger partial charge on any atom is -0.338 e. The van der Waals surface area contributed by atoms with Gasteiger partial charge in [0, 0.05) is 36.3 Å². The summed E-state index contributed by atoms with van der Waals surface area (Å²) in [4.78, 5) is 26.0. The summed E-state index contributed by atoms with van der Waals surface area (Å²) in [5.41, 5.74) is 4.48. The summed E-state index contributed by atoms with van der Waals surface area (Å²) in [6, 6.07) is 9.96. The molecule has 5 heteroatoms. The lowest BCUT2D eigenvalue weighted by molar-refractivity contribution is -0.121. The van der Waals surface area contributed by atoms with Crippen LogP contribution in [0, 0.1) is 0 Å². The average molecular weight is 318 g/mol. The van der Waals surface area contributed by atoms with Gasteiger partial charge < -0.3 is 9.88 Å². The first-order valence-electron chi connectivity index (χ1n) is 7.87. The van der Waals surface area contributed by atoms with Crippen molar-refractivity contribution in [1.29, 1.82) is 0 Å². The molecule has 1 aromatic carbocycles. The van der Waals surface area contributed by atoms with Crippen LogP contribution in [0.1, 0.15) is 19.4 Å². The zero-order valence-corrected chi connectivity index (χ0v) is 13.9. The SMILES string of the molecule is CN1C(=O)C(C)(C)c2ccc(-c3cnc(-c4ccncc4)[nH]3)cc21. The highest BCUT2D eigenvalue weighted by molar-refractivity contribution is 6.07. The molecule has 1 N–H and O–H groups in total. The van der Waals surface area contributed by atoms with Gasteiger partial charge in [0.2, 0.25) is 5.91 Å². The zero-order chi connectivity index (χ0) is 16.9. The van der Waals surface area contributed by atoms with E-state index >= 15 is 0 Å². The van der Waals surface area contributed by atoms with Crippen molar-refractivity contribution in [2.75, 3.05) is 11.9 Å². The second-order valence-corrected chi connectivity index (χ2v) is 6.60. The van der Waals surface area contributed by atoms with E-state index in [-0.39, 0.29) is 5.91 Å². The molecule has 0 radical (unpaired) electrons. The number of carbonyl (C=O) groups excluding carboxylic acids is 1. The molecule has 0 unspecified atom stereocenters. The van der Waals surface area contributed by atoms with Crippen molar-refractivity contribution in [3.63, 3.8) is 0 Å². The van der Waals surface area contributed by atoms with Crippen molar-refractivity contribution >= 4 is 11.6 Å².